The van der Waals surface area contributed by atoms with E-state index >= 15 is 0 Å². The van der Waals surface area contributed by atoms with Crippen molar-refractivity contribution < 1.29 is 5.11 Å². The van der Waals surface area contributed by atoms with E-state index in [4.69, 9.17) is 0 Å². The summed E-state index contributed by atoms with van der Waals surface area (Å²) >= 11 is 6.76. The maximum Gasteiger partial charge on any atom is 0.0971 e. The molecule has 0 radical (unpaired) electrons. The smallest absolute Gasteiger partial charge is 0.0971 e. The zero-order chi connectivity index (χ0) is 12.7. The molecule has 1 N–H and O–H groups in total. The summed E-state index contributed by atoms with van der Waals surface area (Å²) in [5.74, 6) is 0. The first kappa shape index (κ1) is 14.9. The Labute approximate surface area is 119 Å². The molecule has 1 atom stereocenters. The van der Waals surface area contributed by atoms with E-state index in [1.807, 2.05) is 12.1 Å². The number of aliphatic hydroxyl groups is 1. The van der Waals surface area contributed by atoms with Crippen molar-refractivity contribution in [3.8, 4) is 0 Å². The lowest BCUT2D eigenvalue weighted by atomic mass is 10.1. The highest BCUT2D eigenvalue weighted by Crippen LogP contribution is 2.27. The number of nitrogens with zero attached hydrogens (tertiary/aromatic N) is 1. The standard InChI is InChI=1S/C13H17Br2NO/c1-2-3-4-5-6-7-12(17)13-11(15)8-10(14)9-16-13/h2,8-9,12,17H,1,3-7H2. The maximum absolute atomic E-state index is 10.0. The third-order valence-electron chi connectivity index (χ3n) is 2.54. The van der Waals surface area contributed by atoms with Crippen LogP contribution in [0, 0.1) is 0 Å². The lowest BCUT2D eigenvalue weighted by molar-refractivity contribution is 0.158. The third kappa shape index (κ3) is 5.32. The van der Waals surface area contributed by atoms with E-state index in [0.29, 0.717) is 0 Å². The number of rotatable bonds is 7. The normalized spacial score (nSPS) is 12.4. The molecular weight excluding hydrogens is 346 g/mol. The van der Waals surface area contributed by atoms with Gasteiger partial charge in [0.1, 0.15) is 0 Å². The molecule has 0 aromatic carbocycles. The topological polar surface area (TPSA) is 33.1 Å². The fraction of sp³-hybridized carbons (Fsp3) is 0.462. The summed E-state index contributed by atoms with van der Waals surface area (Å²) in [4.78, 5) is 4.23. The first-order chi connectivity index (χ1) is 8.15. The van der Waals surface area contributed by atoms with Crippen LogP contribution in [0.15, 0.2) is 33.9 Å². The Morgan fingerprint density at radius 3 is 2.76 bits per heavy atom. The number of halogens is 2. The van der Waals surface area contributed by atoms with E-state index in [1.54, 1.807) is 6.20 Å². The minimum absolute atomic E-state index is 0.485. The predicted octanol–water partition coefficient (Wildman–Crippen LogP) is 4.78. The van der Waals surface area contributed by atoms with E-state index in [0.717, 1.165) is 46.7 Å². The predicted molar refractivity (Wildman–Crippen MR) is 77.9 cm³/mol. The quantitative estimate of drug-likeness (QED) is 0.559. The molecule has 17 heavy (non-hydrogen) atoms. The Morgan fingerprint density at radius 2 is 2.12 bits per heavy atom. The van der Waals surface area contributed by atoms with Crippen LogP contribution in [0.4, 0.5) is 0 Å². The fourth-order valence-electron chi connectivity index (χ4n) is 1.61. The van der Waals surface area contributed by atoms with Crippen molar-refractivity contribution >= 4 is 31.9 Å². The molecule has 1 aromatic heterocycles. The Bertz CT molecular complexity index is 368. The van der Waals surface area contributed by atoms with Crippen LogP contribution in [0.5, 0.6) is 0 Å². The van der Waals surface area contributed by atoms with Crippen LogP contribution >= 0.6 is 31.9 Å². The molecule has 0 bridgehead atoms. The van der Waals surface area contributed by atoms with Gasteiger partial charge in [-0.05, 0) is 57.2 Å². The highest BCUT2D eigenvalue weighted by Gasteiger charge is 2.12. The Balaban J connectivity index is 2.41. The summed E-state index contributed by atoms with van der Waals surface area (Å²) in [6.45, 7) is 3.69. The van der Waals surface area contributed by atoms with Gasteiger partial charge in [-0.15, -0.1) is 6.58 Å². The summed E-state index contributed by atoms with van der Waals surface area (Å²) in [6.07, 6.45) is 8.24. The average Bonchev–Trinajstić information content (AvgIpc) is 2.28. The first-order valence-corrected chi connectivity index (χ1v) is 7.33. The molecule has 2 nitrogen and oxygen atoms in total. The van der Waals surface area contributed by atoms with Crippen molar-refractivity contribution in [3.05, 3.63) is 39.6 Å². The maximum atomic E-state index is 10.0. The van der Waals surface area contributed by atoms with Crippen LogP contribution in [0.3, 0.4) is 0 Å². The fourth-order valence-corrected chi connectivity index (χ4v) is 2.86. The molecule has 0 aliphatic heterocycles. The van der Waals surface area contributed by atoms with Crippen molar-refractivity contribution in [3.63, 3.8) is 0 Å². The molecule has 0 saturated heterocycles. The second-order valence-electron chi connectivity index (χ2n) is 3.96. The zero-order valence-electron chi connectivity index (χ0n) is 9.70. The van der Waals surface area contributed by atoms with Crippen molar-refractivity contribution in [1.82, 2.24) is 4.98 Å². The van der Waals surface area contributed by atoms with Crippen LogP contribution in [0.1, 0.15) is 43.9 Å². The molecule has 0 amide bonds. The van der Waals surface area contributed by atoms with Crippen LogP contribution in [-0.4, -0.2) is 10.1 Å². The summed E-state index contributed by atoms with van der Waals surface area (Å²) in [5, 5.41) is 10.0. The largest absolute Gasteiger partial charge is 0.387 e. The van der Waals surface area contributed by atoms with Crippen molar-refractivity contribution in [2.75, 3.05) is 0 Å². The van der Waals surface area contributed by atoms with Gasteiger partial charge in [-0.3, -0.25) is 4.98 Å². The summed E-state index contributed by atoms with van der Waals surface area (Å²) < 4.78 is 1.76. The van der Waals surface area contributed by atoms with Gasteiger partial charge in [0, 0.05) is 15.1 Å². The average molecular weight is 363 g/mol. The monoisotopic (exact) mass is 361 g/mol. The molecule has 0 aliphatic carbocycles. The van der Waals surface area contributed by atoms with Gasteiger partial charge in [0.2, 0.25) is 0 Å². The minimum Gasteiger partial charge on any atom is -0.387 e. The molecule has 0 saturated carbocycles. The van der Waals surface area contributed by atoms with Crippen LogP contribution in [0.25, 0.3) is 0 Å². The van der Waals surface area contributed by atoms with E-state index < -0.39 is 6.10 Å². The zero-order valence-corrected chi connectivity index (χ0v) is 12.9. The van der Waals surface area contributed by atoms with Crippen LogP contribution < -0.4 is 0 Å². The third-order valence-corrected chi connectivity index (χ3v) is 3.61. The van der Waals surface area contributed by atoms with Crippen molar-refractivity contribution in [2.45, 2.75) is 38.2 Å². The minimum atomic E-state index is -0.485. The number of hydrogen-bond acceptors (Lipinski definition) is 2. The second kappa shape index (κ2) is 8.01. The first-order valence-electron chi connectivity index (χ1n) is 5.75. The second-order valence-corrected chi connectivity index (χ2v) is 5.73. The molecule has 94 valence electrons. The lowest BCUT2D eigenvalue weighted by Gasteiger charge is -2.11. The molecule has 1 rings (SSSR count). The van der Waals surface area contributed by atoms with Gasteiger partial charge in [-0.25, -0.2) is 0 Å². The van der Waals surface area contributed by atoms with Crippen molar-refractivity contribution in [1.29, 1.82) is 0 Å². The highest BCUT2D eigenvalue weighted by molar-refractivity contribution is 9.11. The number of unbranched alkanes of at least 4 members (excludes halogenated alkanes) is 3. The molecule has 1 heterocycles. The number of aromatic nitrogens is 1. The lowest BCUT2D eigenvalue weighted by Crippen LogP contribution is -2.01. The van der Waals surface area contributed by atoms with Gasteiger partial charge in [0.15, 0.2) is 0 Å². The van der Waals surface area contributed by atoms with Gasteiger partial charge >= 0.3 is 0 Å². The Morgan fingerprint density at radius 1 is 1.35 bits per heavy atom. The van der Waals surface area contributed by atoms with E-state index in [1.165, 1.54) is 0 Å². The molecule has 1 unspecified atom stereocenters. The molecule has 0 fully saturated rings. The van der Waals surface area contributed by atoms with Gasteiger partial charge in [0.25, 0.3) is 0 Å². The summed E-state index contributed by atoms with van der Waals surface area (Å²) in [5.41, 5.74) is 0.719. The van der Waals surface area contributed by atoms with Crippen molar-refractivity contribution in [2.24, 2.45) is 0 Å². The molecule has 1 aromatic rings. The summed E-state index contributed by atoms with van der Waals surface area (Å²) in [6, 6.07) is 1.91. The SMILES string of the molecule is C=CCCCCCC(O)c1ncc(Br)cc1Br. The molecule has 0 spiro atoms. The summed E-state index contributed by atoms with van der Waals surface area (Å²) in [7, 11) is 0. The number of pyridine rings is 1. The molecule has 4 heteroatoms. The van der Waals surface area contributed by atoms with E-state index in [9.17, 15) is 5.11 Å². The number of hydrogen-bond donors (Lipinski definition) is 1. The van der Waals surface area contributed by atoms with Gasteiger partial charge < -0.3 is 5.11 Å². The number of allylic oxidation sites excluding steroid dienone is 1. The van der Waals surface area contributed by atoms with Gasteiger partial charge in [0.05, 0.1) is 11.8 Å². The Kier molecular flexibility index (Phi) is 7.00. The Hall–Kier alpha value is -0.190. The van der Waals surface area contributed by atoms with Gasteiger partial charge in [-0.2, -0.15) is 0 Å². The molecular formula is C13H17Br2NO. The highest BCUT2D eigenvalue weighted by atomic mass is 79.9. The van der Waals surface area contributed by atoms with Crippen LogP contribution in [0.2, 0.25) is 0 Å². The van der Waals surface area contributed by atoms with E-state index in [-0.39, 0.29) is 0 Å². The van der Waals surface area contributed by atoms with Crippen LogP contribution in [-0.2, 0) is 0 Å². The van der Waals surface area contributed by atoms with Gasteiger partial charge in [-0.1, -0.05) is 18.9 Å². The molecule has 0 aliphatic rings. The van der Waals surface area contributed by atoms with E-state index in [2.05, 4.69) is 43.4 Å². The number of aliphatic hydroxyl groups excluding tert-OH is 1.